The van der Waals surface area contributed by atoms with Crippen LogP contribution in [0.1, 0.15) is 6.42 Å². The van der Waals surface area contributed by atoms with Gasteiger partial charge in [0.25, 0.3) is 0 Å². The molecule has 1 fully saturated rings. The summed E-state index contributed by atoms with van der Waals surface area (Å²) in [5.74, 6) is 1.92. The zero-order chi connectivity index (χ0) is 16.6. The van der Waals surface area contributed by atoms with E-state index in [1.54, 1.807) is 6.33 Å². The van der Waals surface area contributed by atoms with Gasteiger partial charge >= 0.3 is 0 Å². The number of hydrogen-bond donors (Lipinski definition) is 1. The number of hydrogen-bond acceptors (Lipinski definition) is 5. The van der Waals surface area contributed by atoms with Crippen molar-refractivity contribution in [3.63, 3.8) is 0 Å². The van der Waals surface area contributed by atoms with Gasteiger partial charge in [-0.2, -0.15) is 5.10 Å². The number of fused-ring (bicyclic) bond motifs is 3. The maximum atomic E-state index is 5.73. The van der Waals surface area contributed by atoms with Gasteiger partial charge in [0.05, 0.1) is 30.0 Å². The Morgan fingerprint density at radius 2 is 2.08 bits per heavy atom. The fourth-order valence-electron chi connectivity index (χ4n) is 3.73. The number of ether oxygens (including phenoxy) is 1. The number of nitrogens with zero attached hydrogens (tertiary/aromatic N) is 4. The van der Waals surface area contributed by atoms with Crippen LogP contribution in [0.3, 0.4) is 0 Å². The Kier molecular flexibility index (Phi) is 3.48. The second-order valence-electron chi connectivity index (χ2n) is 6.65. The molecule has 3 aromatic rings. The molecule has 0 saturated carbocycles. The molecule has 2 bridgehead atoms. The van der Waals surface area contributed by atoms with Crippen molar-refractivity contribution in [1.82, 2.24) is 19.7 Å². The summed E-state index contributed by atoms with van der Waals surface area (Å²) in [5.41, 5.74) is 1.80. The average Bonchev–Trinajstić information content (AvgIpc) is 3.26. The second-order valence-corrected chi connectivity index (χ2v) is 6.65. The van der Waals surface area contributed by atoms with E-state index >= 15 is 0 Å². The summed E-state index contributed by atoms with van der Waals surface area (Å²) in [6, 6.07) is 10.0. The zero-order valence-electron chi connectivity index (χ0n) is 13.7. The lowest BCUT2D eigenvalue weighted by molar-refractivity contribution is 0.140. The van der Waals surface area contributed by atoms with Crippen LogP contribution in [-0.2, 0) is 4.74 Å². The first kappa shape index (κ1) is 14.6. The van der Waals surface area contributed by atoms with Crippen molar-refractivity contribution in [2.24, 2.45) is 11.8 Å². The van der Waals surface area contributed by atoms with E-state index in [1.807, 2.05) is 41.2 Å². The predicted octanol–water partition coefficient (Wildman–Crippen LogP) is 2.82. The molecule has 1 N–H and O–H groups in total. The highest BCUT2D eigenvalue weighted by molar-refractivity contribution is 5.87. The molecule has 1 aromatic carbocycles. The molecule has 0 amide bonds. The Labute approximate surface area is 145 Å². The smallest absolute Gasteiger partial charge is 0.168 e. The Morgan fingerprint density at radius 1 is 1.16 bits per heavy atom. The Morgan fingerprint density at radius 3 is 3.00 bits per heavy atom. The van der Waals surface area contributed by atoms with Crippen LogP contribution in [0.2, 0.25) is 0 Å². The van der Waals surface area contributed by atoms with Crippen molar-refractivity contribution < 1.29 is 4.74 Å². The minimum absolute atomic E-state index is 0.330. The van der Waals surface area contributed by atoms with Crippen LogP contribution in [0.4, 0.5) is 5.82 Å². The average molecular weight is 333 g/mol. The lowest BCUT2D eigenvalue weighted by Crippen LogP contribution is -2.24. The summed E-state index contributed by atoms with van der Waals surface area (Å²) in [6.45, 7) is 1.70. The van der Waals surface area contributed by atoms with Crippen molar-refractivity contribution in [3.05, 3.63) is 55.0 Å². The van der Waals surface area contributed by atoms with Crippen LogP contribution in [0.5, 0.6) is 0 Å². The normalized spacial score (nSPS) is 24.7. The monoisotopic (exact) mass is 333 g/mol. The number of para-hydroxylation sites is 1. The second kappa shape index (κ2) is 5.97. The van der Waals surface area contributed by atoms with Gasteiger partial charge in [-0.3, -0.25) is 0 Å². The number of rotatable bonds is 4. The zero-order valence-corrected chi connectivity index (χ0v) is 13.7. The largest absolute Gasteiger partial charge is 0.374 e. The third-order valence-corrected chi connectivity index (χ3v) is 5.11. The molecule has 2 aliphatic rings. The molecule has 1 saturated heterocycles. The van der Waals surface area contributed by atoms with Gasteiger partial charge < -0.3 is 10.1 Å². The Hall–Kier alpha value is -2.73. The van der Waals surface area contributed by atoms with Crippen LogP contribution in [0, 0.1) is 11.8 Å². The third-order valence-electron chi connectivity index (χ3n) is 5.11. The maximum Gasteiger partial charge on any atom is 0.168 e. The SMILES string of the molecule is C1=C[C@@H](CNc2ncnc3c2cnn3-c2ccccc2)[C@H]2CO[C@@H]1C2. The molecule has 3 atom stereocenters. The van der Waals surface area contributed by atoms with Crippen LogP contribution < -0.4 is 5.32 Å². The summed E-state index contributed by atoms with van der Waals surface area (Å²) in [6.07, 6.45) is 9.36. The minimum atomic E-state index is 0.330. The molecule has 6 nitrogen and oxygen atoms in total. The van der Waals surface area contributed by atoms with E-state index in [0.29, 0.717) is 17.9 Å². The first-order valence-corrected chi connectivity index (χ1v) is 8.66. The molecule has 0 unspecified atom stereocenters. The summed E-state index contributed by atoms with van der Waals surface area (Å²) >= 11 is 0. The van der Waals surface area contributed by atoms with E-state index in [0.717, 1.165) is 42.1 Å². The molecular formula is C19H19N5O. The Bertz CT molecular complexity index is 920. The number of aromatic nitrogens is 4. The van der Waals surface area contributed by atoms with Crippen molar-refractivity contribution in [3.8, 4) is 5.69 Å². The van der Waals surface area contributed by atoms with Gasteiger partial charge in [0, 0.05) is 6.54 Å². The molecule has 25 heavy (non-hydrogen) atoms. The van der Waals surface area contributed by atoms with E-state index in [2.05, 4.69) is 32.5 Å². The first-order valence-electron chi connectivity index (χ1n) is 8.66. The van der Waals surface area contributed by atoms with Crippen LogP contribution in [-0.4, -0.2) is 39.0 Å². The van der Waals surface area contributed by atoms with Gasteiger partial charge in [0.15, 0.2) is 5.65 Å². The maximum absolute atomic E-state index is 5.73. The first-order chi connectivity index (χ1) is 12.4. The van der Waals surface area contributed by atoms with Crippen molar-refractivity contribution in [2.45, 2.75) is 12.5 Å². The van der Waals surface area contributed by atoms with Crippen molar-refractivity contribution >= 4 is 16.9 Å². The highest BCUT2D eigenvalue weighted by Crippen LogP contribution is 2.33. The number of nitrogens with one attached hydrogen (secondary N) is 1. The van der Waals surface area contributed by atoms with E-state index in [1.165, 1.54) is 0 Å². The molecule has 0 spiro atoms. The number of anilines is 1. The lowest BCUT2D eigenvalue weighted by atomic mass is 9.85. The minimum Gasteiger partial charge on any atom is -0.374 e. The van der Waals surface area contributed by atoms with Gasteiger partial charge in [-0.25, -0.2) is 14.6 Å². The summed E-state index contributed by atoms with van der Waals surface area (Å²) < 4.78 is 7.57. The van der Waals surface area contributed by atoms with Gasteiger partial charge in [-0.1, -0.05) is 30.4 Å². The number of benzene rings is 1. The third kappa shape index (κ3) is 2.59. The fourth-order valence-corrected chi connectivity index (χ4v) is 3.73. The highest BCUT2D eigenvalue weighted by Gasteiger charge is 2.32. The van der Waals surface area contributed by atoms with E-state index in [9.17, 15) is 0 Å². The van der Waals surface area contributed by atoms with E-state index < -0.39 is 0 Å². The molecule has 2 aromatic heterocycles. The van der Waals surface area contributed by atoms with Gasteiger partial charge in [0.2, 0.25) is 0 Å². The topological polar surface area (TPSA) is 64.9 Å². The van der Waals surface area contributed by atoms with Crippen molar-refractivity contribution in [1.29, 1.82) is 0 Å². The Balaban J connectivity index is 1.42. The van der Waals surface area contributed by atoms with Gasteiger partial charge in [-0.05, 0) is 30.4 Å². The predicted molar refractivity (Wildman–Crippen MR) is 95.6 cm³/mol. The molecular weight excluding hydrogens is 314 g/mol. The fraction of sp³-hybridized carbons (Fsp3) is 0.316. The van der Waals surface area contributed by atoms with E-state index in [-0.39, 0.29) is 0 Å². The summed E-state index contributed by atoms with van der Waals surface area (Å²) in [4.78, 5) is 8.85. The van der Waals surface area contributed by atoms with Crippen LogP contribution in [0.15, 0.2) is 55.0 Å². The quantitative estimate of drug-likeness (QED) is 0.744. The lowest BCUT2D eigenvalue weighted by Gasteiger charge is -2.22. The van der Waals surface area contributed by atoms with Crippen molar-refractivity contribution in [2.75, 3.05) is 18.5 Å². The van der Waals surface area contributed by atoms with Gasteiger partial charge in [0.1, 0.15) is 12.1 Å². The standard InChI is InChI=1S/C19H19N5O/c1-2-4-15(5-3-1)24-19-17(10-23-24)18(21-12-22-19)20-9-13-6-7-16-8-14(13)11-25-16/h1-7,10,12-14,16H,8-9,11H2,(H,20,21,22)/t13-,14+,16-/m0/s1. The van der Waals surface area contributed by atoms with Gasteiger partial charge in [-0.15, -0.1) is 0 Å². The molecule has 0 radical (unpaired) electrons. The highest BCUT2D eigenvalue weighted by atomic mass is 16.5. The van der Waals surface area contributed by atoms with E-state index in [4.69, 9.17) is 4.74 Å². The summed E-state index contributed by atoms with van der Waals surface area (Å²) in [5, 5.41) is 8.93. The molecule has 5 rings (SSSR count). The van der Waals surface area contributed by atoms with Crippen LogP contribution >= 0.6 is 0 Å². The molecule has 3 heterocycles. The summed E-state index contributed by atoms with van der Waals surface area (Å²) in [7, 11) is 0. The molecule has 6 heteroatoms. The molecule has 1 aliphatic heterocycles. The molecule has 126 valence electrons. The van der Waals surface area contributed by atoms with Crippen LogP contribution in [0.25, 0.3) is 16.7 Å². The molecule has 1 aliphatic carbocycles.